The number of aromatic amines is 1. The monoisotopic (exact) mass is 303 g/mol. The molecule has 0 aliphatic carbocycles. The van der Waals surface area contributed by atoms with Gasteiger partial charge in [0, 0.05) is 0 Å². The lowest BCUT2D eigenvalue weighted by molar-refractivity contribution is -0.0498. The Hall–Kier alpha value is -2.96. The van der Waals surface area contributed by atoms with Gasteiger partial charge >= 0.3 is 6.61 Å². The summed E-state index contributed by atoms with van der Waals surface area (Å²) in [4.78, 5) is 0. The summed E-state index contributed by atoms with van der Waals surface area (Å²) < 4.78 is 34.0. The number of nitrogens with zero attached hydrogens (tertiary/aromatic N) is 2. The predicted molar refractivity (Wildman–Crippen MR) is 75.0 cm³/mol. The molecule has 2 aromatic carbocycles. The van der Waals surface area contributed by atoms with E-state index in [-0.39, 0.29) is 5.75 Å². The van der Waals surface area contributed by atoms with Gasteiger partial charge in [0.2, 0.25) is 0 Å². The van der Waals surface area contributed by atoms with Gasteiger partial charge in [-0.15, -0.1) is 5.10 Å². The van der Waals surface area contributed by atoms with Crippen molar-refractivity contribution in [2.75, 3.05) is 0 Å². The number of halogens is 2. The zero-order chi connectivity index (χ0) is 15.4. The summed E-state index contributed by atoms with van der Waals surface area (Å²) in [7, 11) is 0. The molecule has 1 aromatic heterocycles. The van der Waals surface area contributed by atoms with Crippen molar-refractivity contribution in [1.82, 2.24) is 15.4 Å². The topological polar surface area (TPSA) is 60.0 Å². The molecular weight excluding hydrogens is 292 g/mol. The number of ether oxygens (including phenoxy) is 2. The molecule has 5 nitrogen and oxygen atoms in total. The van der Waals surface area contributed by atoms with E-state index in [4.69, 9.17) is 4.74 Å². The molecule has 0 spiro atoms. The van der Waals surface area contributed by atoms with Crippen molar-refractivity contribution in [2.24, 2.45) is 0 Å². The smallest absolute Gasteiger partial charge is 0.387 e. The summed E-state index contributed by atoms with van der Waals surface area (Å²) in [6.45, 7) is -2.82. The van der Waals surface area contributed by atoms with Crippen LogP contribution in [-0.2, 0) is 0 Å². The van der Waals surface area contributed by atoms with E-state index in [9.17, 15) is 8.78 Å². The van der Waals surface area contributed by atoms with Crippen LogP contribution in [-0.4, -0.2) is 22.0 Å². The van der Waals surface area contributed by atoms with Gasteiger partial charge in [0.05, 0.1) is 0 Å². The van der Waals surface area contributed by atoms with Crippen molar-refractivity contribution in [3.8, 4) is 28.5 Å². The van der Waals surface area contributed by atoms with Gasteiger partial charge in [-0.2, -0.15) is 19.1 Å². The van der Waals surface area contributed by atoms with E-state index in [2.05, 4.69) is 20.1 Å². The van der Waals surface area contributed by atoms with Crippen LogP contribution in [0.3, 0.4) is 0 Å². The van der Waals surface area contributed by atoms with Crippen LogP contribution in [0.1, 0.15) is 0 Å². The van der Waals surface area contributed by atoms with Gasteiger partial charge in [-0.05, 0) is 35.4 Å². The lowest BCUT2D eigenvalue weighted by atomic mass is 10.1. The lowest BCUT2D eigenvalue weighted by Gasteiger charge is -2.07. The SMILES string of the molecule is FC(F)Oc1ccc(-c2ccc(Oc3cn[nH]n3)cc2)cc1. The van der Waals surface area contributed by atoms with Crippen molar-refractivity contribution in [3.05, 3.63) is 54.7 Å². The Morgan fingerprint density at radius 1 is 0.864 bits per heavy atom. The standard InChI is InChI=1S/C15H11F2N3O2/c16-15(17)22-13-7-3-11(4-8-13)10-1-5-12(6-2-10)21-14-9-18-20-19-14/h1-9,15H,(H,18,19,20). The summed E-state index contributed by atoms with van der Waals surface area (Å²) in [5, 5.41) is 9.89. The van der Waals surface area contributed by atoms with E-state index in [0.717, 1.165) is 11.1 Å². The first-order valence-electron chi connectivity index (χ1n) is 6.39. The molecule has 0 unspecified atom stereocenters. The van der Waals surface area contributed by atoms with Gasteiger partial charge in [0.15, 0.2) is 0 Å². The maximum absolute atomic E-state index is 12.1. The average Bonchev–Trinajstić information content (AvgIpc) is 3.01. The summed E-state index contributed by atoms with van der Waals surface area (Å²) in [6, 6.07) is 13.7. The number of benzene rings is 2. The van der Waals surface area contributed by atoms with Crippen LogP contribution in [0.2, 0.25) is 0 Å². The second kappa shape index (κ2) is 6.21. The Kier molecular flexibility index (Phi) is 3.95. The Morgan fingerprint density at radius 3 is 1.95 bits per heavy atom. The summed E-state index contributed by atoms with van der Waals surface area (Å²) >= 11 is 0. The third kappa shape index (κ3) is 3.38. The maximum Gasteiger partial charge on any atom is 0.387 e. The molecule has 0 radical (unpaired) electrons. The van der Waals surface area contributed by atoms with Gasteiger partial charge in [-0.1, -0.05) is 24.3 Å². The molecule has 0 saturated heterocycles. The zero-order valence-electron chi connectivity index (χ0n) is 11.2. The number of aromatic nitrogens is 3. The molecule has 0 bridgehead atoms. The fourth-order valence-electron chi connectivity index (χ4n) is 1.91. The van der Waals surface area contributed by atoms with Crippen molar-refractivity contribution in [2.45, 2.75) is 6.61 Å². The first-order valence-corrected chi connectivity index (χ1v) is 6.39. The summed E-state index contributed by atoms with van der Waals surface area (Å²) in [6.07, 6.45) is 1.47. The highest BCUT2D eigenvalue weighted by Gasteiger charge is 2.05. The lowest BCUT2D eigenvalue weighted by Crippen LogP contribution is -2.01. The molecule has 22 heavy (non-hydrogen) atoms. The second-order valence-corrected chi connectivity index (χ2v) is 4.34. The van der Waals surface area contributed by atoms with E-state index in [1.807, 2.05) is 12.1 Å². The highest BCUT2D eigenvalue weighted by Crippen LogP contribution is 2.26. The van der Waals surface area contributed by atoms with E-state index < -0.39 is 6.61 Å². The van der Waals surface area contributed by atoms with Gasteiger partial charge < -0.3 is 9.47 Å². The van der Waals surface area contributed by atoms with Crippen LogP contribution >= 0.6 is 0 Å². The molecule has 112 valence electrons. The van der Waals surface area contributed by atoms with Gasteiger partial charge in [-0.3, -0.25) is 0 Å². The number of alkyl halides is 2. The molecule has 0 aliphatic rings. The minimum absolute atomic E-state index is 0.129. The van der Waals surface area contributed by atoms with Gasteiger partial charge in [0.25, 0.3) is 5.88 Å². The fourth-order valence-corrected chi connectivity index (χ4v) is 1.91. The van der Waals surface area contributed by atoms with E-state index >= 15 is 0 Å². The third-order valence-electron chi connectivity index (χ3n) is 2.88. The fraction of sp³-hybridized carbons (Fsp3) is 0.0667. The third-order valence-corrected chi connectivity index (χ3v) is 2.88. The number of nitrogens with one attached hydrogen (secondary N) is 1. The Balaban J connectivity index is 1.72. The maximum atomic E-state index is 12.1. The number of rotatable bonds is 5. The molecular formula is C15H11F2N3O2. The molecule has 1 N–H and O–H groups in total. The summed E-state index contributed by atoms with van der Waals surface area (Å²) in [5.74, 6) is 1.13. The molecule has 0 amide bonds. The first-order chi connectivity index (χ1) is 10.7. The van der Waals surface area contributed by atoms with Crippen molar-refractivity contribution < 1.29 is 18.3 Å². The molecule has 0 saturated carbocycles. The average molecular weight is 303 g/mol. The minimum Gasteiger partial charge on any atom is -0.436 e. The first kappa shape index (κ1) is 14.0. The van der Waals surface area contributed by atoms with E-state index in [1.165, 1.54) is 18.3 Å². The molecule has 7 heteroatoms. The Bertz CT molecular complexity index is 714. The van der Waals surface area contributed by atoms with Crippen LogP contribution in [0.5, 0.6) is 17.4 Å². The zero-order valence-corrected chi connectivity index (χ0v) is 11.2. The molecule has 0 atom stereocenters. The van der Waals surface area contributed by atoms with Crippen molar-refractivity contribution in [1.29, 1.82) is 0 Å². The van der Waals surface area contributed by atoms with Gasteiger partial charge in [-0.25, -0.2) is 0 Å². The molecule has 0 aliphatic heterocycles. The van der Waals surface area contributed by atoms with Crippen molar-refractivity contribution >= 4 is 0 Å². The number of hydrogen-bond donors (Lipinski definition) is 1. The normalized spacial score (nSPS) is 10.7. The van der Waals surface area contributed by atoms with Crippen LogP contribution in [0.25, 0.3) is 11.1 Å². The quantitative estimate of drug-likeness (QED) is 0.777. The van der Waals surface area contributed by atoms with Crippen LogP contribution in [0.15, 0.2) is 54.7 Å². The minimum atomic E-state index is -2.82. The van der Waals surface area contributed by atoms with E-state index in [1.54, 1.807) is 24.3 Å². The molecule has 3 aromatic rings. The second-order valence-electron chi connectivity index (χ2n) is 4.34. The Morgan fingerprint density at radius 2 is 1.45 bits per heavy atom. The van der Waals surface area contributed by atoms with E-state index in [0.29, 0.717) is 11.6 Å². The van der Waals surface area contributed by atoms with Crippen molar-refractivity contribution in [3.63, 3.8) is 0 Å². The van der Waals surface area contributed by atoms with Crippen LogP contribution in [0.4, 0.5) is 8.78 Å². The molecule has 1 heterocycles. The predicted octanol–water partition coefficient (Wildman–Crippen LogP) is 3.87. The van der Waals surface area contributed by atoms with Crippen LogP contribution < -0.4 is 9.47 Å². The number of H-pyrrole nitrogens is 1. The summed E-state index contributed by atoms with van der Waals surface area (Å²) in [5.41, 5.74) is 1.81. The Labute approximate surface area is 124 Å². The highest BCUT2D eigenvalue weighted by molar-refractivity contribution is 5.64. The molecule has 3 rings (SSSR count). The number of hydrogen-bond acceptors (Lipinski definition) is 4. The largest absolute Gasteiger partial charge is 0.436 e. The van der Waals surface area contributed by atoms with Crippen LogP contribution in [0, 0.1) is 0 Å². The van der Waals surface area contributed by atoms with Gasteiger partial charge in [0.1, 0.15) is 17.7 Å². The molecule has 0 fully saturated rings. The highest BCUT2D eigenvalue weighted by atomic mass is 19.3.